The highest BCUT2D eigenvalue weighted by atomic mass is 79.9. The average Bonchev–Trinajstić information content (AvgIpc) is 2.70. The predicted molar refractivity (Wildman–Crippen MR) is 79.7 cm³/mol. The third kappa shape index (κ3) is 2.83. The zero-order valence-corrected chi connectivity index (χ0v) is 13.7. The van der Waals surface area contributed by atoms with Gasteiger partial charge in [0.15, 0.2) is 0 Å². The summed E-state index contributed by atoms with van der Waals surface area (Å²) in [5.74, 6) is 0.214. The Balaban J connectivity index is 2.44. The summed E-state index contributed by atoms with van der Waals surface area (Å²) in [6.45, 7) is 2.86. The predicted octanol–water partition coefficient (Wildman–Crippen LogP) is 2.46. The van der Waals surface area contributed by atoms with Crippen LogP contribution in [0.3, 0.4) is 0 Å². The summed E-state index contributed by atoms with van der Waals surface area (Å²) >= 11 is 9.32. The fourth-order valence-electron chi connectivity index (χ4n) is 2.46. The number of sulfonamides is 1. The minimum atomic E-state index is -3.59. The SMILES string of the molecule is CC1CC(CN)CN1S(=O)(=O)c1c(Cl)cccc1Br. The Hall–Kier alpha value is -0.140. The lowest BCUT2D eigenvalue weighted by atomic mass is 10.1. The second kappa shape index (κ2) is 5.69. The lowest BCUT2D eigenvalue weighted by Crippen LogP contribution is -2.34. The van der Waals surface area contributed by atoms with Crippen LogP contribution in [-0.2, 0) is 10.0 Å². The van der Waals surface area contributed by atoms with Crippen molar-refractivity contribution >= 4 is 37.6 Å². The van der Waals surface area contributed by atoms with E-state index in [1.54, 1.807) is 18.2 Å². The van der Waals surface area contributed by atoms with Crippen molar-refractivity contribution in [3.8, 4) is 0 Å². The van der Waals surface area contributed by atoms with Crippen molar-refractivity contribution in [2.24, 2.45) is 11.7 Å². The van der Waals surface area contributed by atoms with Gasteiger partial charge < -0.3 is 5.73 Å². The summed E-state index contributed by atoms with van der Waals surface area (Å²) in [6, 6.07) is 4.92. The summed E-state index contributed by atoms with van der Waals surface area (Å²) in [7, 11) is -3.59. The molecular formula is C12H16BrClN2O2S. The van der Waals surface area contributed by atoms with Crippen molar-refractivity contribution in [3.05, 3.63) is 27.7 Å². The third-order valence-electron chi connectivity index (χ3n) is 3.42. The smallest absolute Gasteiger partial charge is 0.245 e. The molecule has 1 fully saturated rings. The highest BCUT2D eigenvalue weighted by Gasteiger charge is 2.38. The zero-order valence-electron chi connectivity index (χ0n) is 10.5. The number of benzene rings is 1. The van der Waals surface area contributed by atoms with Gasteiger partial charge in [-0.05, 0) is 53.9 Å². The van der Waals surface area contributed by atoms with E-state index in [2.05, 4.69) is 15.9 Å². The van der Waals surface area contributed by atoms with Crippen LogP contribution in [0.1, 0.15) is 13.3 Å². The van der Waals surface area contributed by atoms with Gasteiger partial charge in [0.05, 0.1) is 5.02 Å². The molecule has 0 spiro atoms. The first kappa shape index (κ1) is 15.3. The molecule has 0 amide bonds. The summed E-state index contributed by atoms with van der Waals surface area (Å²) < 4.78 is 27.4. The van der Waals surface area contributed by atoms with E-state index in [0.717, 1.165) is 6.42 Å². The molecule has 1 aliphatic heterocycles. The van der Waals surface area contributed by atoms with E-state index in [4.69, 9.17) is 17.3 Å². The normalized spacial score (nSPS) is 24.8. The Bertz CT molecular complexity index is 559. The summed E-state index contributed by atoms with van der Waals surface area (Å²) in [4.78, 5) is 0.140. The molecule has 2 atom stereocenters. The van der Waals surface area contributed by atoms with Crippen molar-refractivity contribution in [1.29, 1.82) is 0 Å². The monoisotopic (exact) mass is 366 g/mol. The molecule has 7 heteroatoms. The van der Waals surface area contributed by atoms with Gasteiger partial charge in [-0.2, -0.15) is 4.31 Å². The highest BCUT2D eigenvalue weighted by molar-refractivity contribution is 9.10. The molecule has 0 aliphatic carbocycles. The number of nitrogens with two attached hydrogens (primary N) is 1. The Morgan fingerprint density at radius 2 is 2.21 bits per heavy atom. The summed E-state index contributed by atoms with van der Waals surface area (Å²) in [5, 5.41) is 0.234. The number of hydrogen-bond donors (Lipinski definition) is 1. The van der Waals surface area contributed by atoms with Gasteiger partial charge in [0.25, 0.3) is 0 Å². The first-order valence-electron chi connectivity index (χ1n) is 6.04. The topological polar surface area (TPSA) is 63.4 Å². The van der Waals surface area contributed by atoms with E-state index in [1.807, 2.05) is 6.92 Å². The maximum atomic E-state index is 12.7. The van der Waals surface area contributed by atoms with Crippen LogP contribution in [-0.4, -0.2) is 31.9 Å². The van der Waals surface area contributed by atoms with Crippen LogP contribution in [0.5, 0.6) is 0 Å². The van der Waals surface area contributed by atoms with E-state index in [1.165, 1.54) is 4.31 Å². The second-order valence-electron chi connectivity index (χ2n) is 4.81. The minimum Gasteiger partial charge on any atom is -0.330 e. The van der Waals surface area contributed by atoms with Crippen LogP contribution in [0.25, 0.3) is 0 Å². The van der Waals surface area contributed by atoms with Crippen molar-refractivity contribution in [2.75, 3.05) is 13.1 Å². The van der Waals surface area contributed by atoms with Crippen LogP contribution in [0.2, 0.25) is 5.02 Å². The first-order chi connectivity index (χ1) is 8.87. The zero-order chi connectivity index (χ0) is 14.2. The molecule has 1 aromatic rings. The van der Waals surface area contributed by atoms with Crippen molar-refractivity contribution in [3.63, 3.8) is 0 Å². The quantitative estimate of drug-likeness (QED) is 0.892. The molecule has 4 nitrogen and oxygen atoms in total. The maximum Gasteiger partial charge on any atom is 0.245 e. The van der Waals surface area contributed by atoms with Gasteiger partial charge in [0.1, 0.15) is 4.90 Å². The molecule has 2 rings (SSSR count). The standard InChI is InChI=1S/C12H16BrClN2O2S/c1-8-5-9(6-15)7-16(8)19(17,18)12-10(13)3-2-4-11(12)14/h2-4,8-9H,5-7,15H2,1H3. The van der Waals surface area contributed by atoms with Crippen molar-refractivity contribution in [1.82, 2.24) is 4.31 Å². The van der Waals surface area contributed by atoms with E-state index in [-0.39, 0.29) is 21.9 Å². The molecule has 1 aromatic carbocycles. The lowest BCUT2D eigenvalue weighted by Gasteiger charge is -2.22. The number of nitrogens with zero attached hydrogens (tertiary/aromatic N) is 1. The summed E-state index contributed by atoms with van der Waals surface area (Å²) in [6.07, 6.45) is 0.789. The number of halogens is 2. The van der Waals surface area contributed by atoms with Crippen molar-refractivity contribution < 1.29 is 8.42 Å². The molecular weight excluding hydrogens is 352 g/mol. The summed E-state index contributed by atoms with van der Waals surface area (Å²) in [5.41, 5.74) is 5.64. The van der Waals surface area contributed by atoms with Crippen molar-refractivity contribution in [2.45, 2.75) is 24.3 Å². The molecule has 0 saturated carbocycles. The Labute approximate surface area is 127 Å². The van der Waals surface area contributed by atoms with Gasteiger partial charge in [-0.25, -0.2) is 8.42 Å². The molecule has 0 bridgehead atoms. The largest absolute Gasteiger partial charge is 0.330 e. The van der Waals surface area contributed by atoms with Gasteiger partial charge >= 0.3 is 0 Å². The first-order valence-corrected chi connectivity index (χ1v) is 8.65. The molecule has 0 radical (unpaired) electrons. The second-order valence-corrected chi connectivity index (χ2v) is 7.90. The van der Waals surface area contributed by atoms with Crippen LogP contribution in [0, 0.1) is 5.92 Å². The van der Waals surface area contributed by atoms with E-state index in [0.29, 0.717) is 17.6 Å². The van der Waals surface area contributed by atoms with Crippen LogP contribution < -0.4 is 5.73 Å². The molecule has 1 saturated heterocycles. The fourth-order valence-corrected chi connectivity index (χ4v) is 5.85. The molecule has 2 unspecified atom stereocenters. The van der Waals surface area contributed by atoms with Crippen LogP contribution in [0.15, 0.2) is 27.6 Å². The molecule has 2 N–H and O–H groups in total. The van der Waals surface area contributed by atoms with E-state index >= 15 is 0 Å². The maximum absolute atomic E-state index is 12.7. The fraction of sp³-hybridized carbons (Fsp3) is 0.500. The van der Waals surface area contributed by atoms with Gasteiger partial charge in [0, 0.05) is 17.1 Å². The van der Waals surface area contributed by atoms with Crippen LogP contribution >= 0.6 is 27.5 Å². The van der Waals surface area contributed by atoms with Crippen LogP contribution in [0.4, 0.5) is 0 Å². The van der Waals surface area contributed by atoms with Gasteiger partial charge in [-0.3, -0.25) is 0 Å². The van der Waals surface area contributed by atoms with Gasteiger partial charge in [-0.15, -0.1) is 0 Å². The molecule has 0 aromatic heterocycles. The number of hydrogen-bond acceptors (Lipinski definition) is 3. The average molecular weight is 368 g/mol. The molecule has 1 heterocycles. The van der Waals surface area contributed by atoms with E-state index < -0.39 is 10.0 Å². The molecule has 1 aliphatic rings. The highest BCUT2D eigenvalue weighted by Crippen LogP contribution is 2.35. The third-order valence-corrected chi connectivity index (χ3v) is 6.86. The molecule has 19 heavy (non-hydrogen) atoms. The van der Waals surface area contributed by atoms with Gasteiger partial charge in [-0.1, -0.05) is 17.7 Å². The lowest BCUT2D eigenvalue weighted by molar-refractivity contribution is 0.404. The van der Waals surface area contributed by atoms with E-state index in [9.17, 15) is 8.42 Å². The minimum absolute atomic E-state index is 0.0540. The Kier molecular flexibility index (Phi) is 4.57. The molecule has 106 valence electrons. The Morgan fingerprint density at radius 1 is 1.53 bits per heavy atom. The van der Waals surface area contributed by atoms with Gasteiger partial charge in [0.2, 0.25) is 10.0 Å². The number of rotatable bonds is 3. The Morgan fingerprint density at radius 3 is 2.74 bits per heavy atom.